The van der Waals surface area contributed by atoms with Crippen molar-refractivity contribution in [2.75, 3.05) is 52.0 Å². The molecule has 0 bridgehead atoms. The number of hydrogen-bond acceptors (Lipinski definition) is 6. The molecule has 2 rings (SSSR count). The van der Waals surface area contributed by atoms with Gasteiger partial charge in [-0.25, -0.2) is 0 Å². The molecule has 6 heteroatoms. The van der Waals surface area contributed by atoms with E-state index in [0.717, 1.165) is 30.3 Å². The van der Waals surface area contributed by atoms with E-state index in [1.807, 2.05) is 36.4 Å². The minimum Gasteiger partial charge on any atom is -0.491 e. The molecule has 148 valence electrons. The van der Waals surface area contributed by atoms with E-state index >= 15 is 0 Å². The van der Waals surface area contributed by atoms with Gasteiger partial charge in [0.05, 0.1) is 33.0 Å². The van der Waals surface area contributed by atoms with Gasteiger partial charge in [0, 0.05) is 12.3 Å². The summed E-state index contributed by atoms with van der Waals surface area (Å²) in [7, 11) is 0. The van der Waals surface area contributed by atoms with Crippen LogP contribution in [0.3, 0.4) is 0 Å². The van der Waals surface area contributed by atoms with Gasteiger partial charge in [-0.05, 0) is 55.0 Å². The number of rotatable bonds is 14. The molecule has 27 heavy (non-hydrogen) atoms. The molecule has 0 saturated heterocycles. The van der Waals surface area contributed by atoms with Crippen LogP contribution in [0, 0.1) is 0 Å². The average Bonchev–Trinajstić information content (AvgIpc) is 2.69. The molecule has 2 aromatic carbocycles. The molecule has 0 aromatic heterocycles. The molecule has 0 atom stereocenters. The summed E-state index contributed by atoms with van der Waals surface area (Å²) in [5.74, 6) is 2.25. The summed E-state index contributed by atoms with van der Waals surface area (Å²) in [4.78, 5) is 0. The van der Waals surface area contributed by atoms with Crippen LogP contribution in [0.25, 0.3) is 0 Å². The molecule has 0 fully saturated rings. The Balaban J connectivity index is 1.52. The van der Waals surface area contributed by atoms with Gasteiger partial charge in [-0.1, -0.05) is 6.92 Å². The van der Waals surface area contributed by atoms with Gasteiger partial charge in [-0.15, -0.1) is 0 Å². The number of anilines is 1. The molecular weight excluding hydrogens is 346 g/mol. The maximum absolute atomic E-state index is 5.74. The second kappa shape index (κ2) is 13.0. The van der Waals surface area contributed by atoms with Crippen molar-refractivity contribution in [3.8, 4) is 17.2 Å². The maximum atomic E-state index is 5.74. The molecule has 0 radical (unpaired) electrons. The predicted octanol–water partition coefficient (Wildman–Crippen LogP) is 3.90. The van der Waals surface area contributed by atoms with Crippen LogP contribution in [0.4, 0.5) is 5.69 Å². The van der Waals surface area contributed by atoms with E-state index in [9.17, 15) is 0 Å². The van der Waals surface area contributed by atoms with Gasteiger partial charge in [-0.2, -0.15) is 0 Å². The van der Waals surface area contributed by atoms with Crippen molar-refractivity contribution >= 4 is 5.69 Å². The fourth-order valence-corrected chi connectivity index (χ4v) is 2.18. The molecular formula is C21H29NO5. The van der Waals surface area contributed by atoms with Crippen molar-refractivity contribution in [2.45, 2.75) is 13.3 Å². The zero-order valence-electron chi connectivity index (χ0n) is 15.9. The Hall–Kier alpha value is -2.28. The third kappa shape index (κ3) is 9.28. The number of ether oxygens (including phenoxy) is 5. The molecule has 0 aliphatic carbocycles. The summed E-state index contributed by atoms with van der Waals surface area (Å²) in [6.45, 7) is 6.21. The summed E-state index contributed by atoms with van der Waals surface area (Å²) >= 11 is 0. The van der Waals surface area contributed by atoms with Crippen molar-refractivity contribution in [3.05, 3.63) is 48.5 Å². The quantitative estimate of drug-likeness (QED) is 0.399. The van der Waals surface area contributed by atoms with Crippen LogP contribution >= 0.6 is 0 Å². The first-order chi connectivity index (χ1) is 13.3. The van der Waals surface area contributed by atoms with E-state index in [1.54, 1.807) is 12.1 Å². The number of benzene rings is 2. The summed E-state index contributed by atoms with van der Waals surface area (Å²) in [5.41, 5.74) is 6.37. The molecule has 2 N–H and O–H groups in total. The van der Waals surface area contributed by atoms with Crippen molar-refractivity contribution < 1.29 is 23.7 Å². The Morgan fingerprint density at radius 2 is 1.04 bits per heavy atom. The van der Waals surface area contributed by atoms with E-state index in [2.05, 4.69) is 6.92 Å². The normalized spacial score (nSPS) is 10.7. The summed E-state index contributed by atoms with van der Waals surface area (Å²) < 4.78 is 27.6. The first-order valence-electron chi connectivity index (χ1n) is 9.27. The topological polar surface area (TPSA) is 72.2 Å². The monoisotopic (exact) mass is 375 g/mol. The largest absolute Gasteiger partial charge is 0.491 e. The average molecular weight is 375 g/mol. The molecule has 0 amide bonds. The SMILES string of the molecule is CCCOCCOCCOCCOc1ccc(Oc2ccc(N)cc2)cc1. The molecule has 0 heterocycles. The predicted molar refractivity (Wildman–Crippen MR) is 106 cm³/mol. The van der Waals surface area contributed by atoms with Crippen LogP contribution in [0.1, 0.15) is 13.3 Å². The number of hydrogen-bond donors (Lipinski definition) is 1. The Kier molecular flexibility index (Phi) is 10.1. The van der Waals surface area contributed by atoms with Gasteiger partial charge >= 0.3 is 0 Å². The van der Waals surface area contributed by atoms with Gasteiger partial charge < -0.3 is 29.4 Å². The van der Waals surface area contributed by atoms with Crippen LogP contribution in [-0.2, 0) is 14.2 Å². The van der Waals surface area contributed by atoms with E-state index in [1.165, 1.54) is 0 Å². The Bertz CT molecular complexity index is 615. The smallest absolute Gasteiger partial charge is 0.127 e. The second-order valence-corrected chi connectivity index (χ2v) is 5.83. The molecule has 0 aliphatic rings. The zero-order valence-corrected chi connectivity index (χ0v) is 15.9. The van der Waals surface area contributed by atoms with Crippen LogP contribution in [0.15, 0.2) is 48.5 Å². The fraction of sp³-hybridized carbons (Fsp3) is 0.429. The fourth-order valence-electron chi connectivity index (χ4n) is 2.18. The van der Waals surface area contributed by atoms with Gasteiger partial charge in [0.25, 0.3) is 0 Å². The lowest BCUT2D eigenvalue weighted by Gasteiger charge is -2.09. The maximum Gasteiger partial charge on any atom is 0.127 e. The van der Waals surface area contributed by atoms with E-state index in [0.29, 0.717) is 45.3 Å². The Morgan fingerprint density at radius 3 is 1.59 bits per heavy atom. The van der Waals surface area contributed by atoms with Crippen LogP contribution in [-0.4, -0.2) is 46.2 Å². The minimum absolute atomic E-state index is 0.484. The highest BCUT2D eigenvalue weighted by Crippen LogP contribution is 2.24. The van der Waals surface area contributed by atoms with Crippen LogP contribution in [0.2, 0.25) is 0 Å². The van der Waals surface area contributed by atoms with Gasteiger partial charge in [0.15, 0.2) is 0 Å². The van der Waals surface area contributed by atoms with Crippen molar-refractivity contribution in [1.82, 2.24) is 0 Å². The van der Waals surface area contributed by atoms with Crippen molar-refractivity contribution in [1.29, 1.82) is 0 Å². The third-order valence-corrected chi connectivity index (χ3v) is 3.53. The lowest BCUT2D eigenvalue weighted by Crippen LogP contribution is -2.12. The lowest BCUT2D eigenvalue weighted by atomic mass is 10.3. The molecule has 0 aliphatic heterocycles. The highest BCUT2D eigenvalue weighted by Gasteiger charge is 1.99. The third-order valence-electron chi connectivity index (χ3n) is 3.53. The first kappa shape index (κ1) is 21.0. The Morgan fingerprint density at radius 1 is 0.593 bits per heavy atom. The van der Waals surface area contributed by atoms with Crippen LogP contribution in [0.5, 0.6) is 17.2 Å². The number of nitrogens with two attached hydrogens (primary N) is 1. The summed E-state index contributed by atoms with van der Waals surface area (Å²) in [6.07, 6.45) is 1.03. The van der Waals surface area contributed by atoms with Crippen LogP contribution < -0.4 is 15.2 Å². The standard InChI is InChI=1S/C21H29NO5/c1-2-11-23-12-13-24-14-15-25-16-17-26-19-7-9-21(10-8-19)27-20-5-3-18(22)4-6-20/h3-10H,2,11-17,22H2,1H3. The minimum atomic E-state index is 0.484. The Labute approximate surface area is 161 Å². The number of nitrogen functional groups attached to an aromatic ring is 1. The second-order valence-electron chi connectivity index (χ2n) is 5.83. The summed E-state index contributed by atoms with van der Waals surface area (Å²) in [6, 6.07) is 14.7. The molecule has 2 aromatic rings. The van der Waals surface area contributed by atoms with Gasteiger partial charge in [0.2, 0.25) is 0 Å². The molecule has 0 saturated carbocycles. The van der Waals surface area contributed by atoms with Gasteiger partial charge in [0.1, 0.15) is 23.9 Å². The molecule has 0 spiro atoms. The highest BCUT2D eigenvalue weighted by molar-refractivity contribution is 5.43. The van der Waals surface area contributed by atoms with Crippen molar-refractivity contribution in [3.63, 3.8) is 0 Å². The molecule has 6 nitrogen and oxygen atoms in total. The van der Waals surface area contributed by atoms with E-state index < -0.39 is 0 Å². The highest BCUT2D eigenvalue weighted by atomic mass is 16.6. The molecule has 0 unspecified atom stereocenters. The van der Waals surface area contributed by atoms with E-state index in [4.69, 9.17) is 29.4 Å². The lowest BCUT2D eigenvalue weighted by molar-refractivity contribution is 0.00945. The van der Waals surface area contributed by atoms with Crippen molar-refractivity contribution in [2.24, 2.45) is 0 Å². The van der Waals surface area contributed by atoms with Gasteiger partial charge in [-0.3, -0.25) is 0 Å². The van der Waals surface area contributed by atoms with E-state index in [-0.39, 0.29) is 0 Å². The first-order valence-corrected chi connectivity index (χ1v) is 9.27. The summed E-state index contributed by atoms with van der Waals surface area (Å²) in [5, 5.41) is 0. The zero-order chi connectivity index (χ0) is 19.2.